The molecule has 12 heteroatoms. The van der Waals surface area contributed by atoms with Crippen LogP contribution in [0.5, 0.6) is 0 Å². The van der Waals surface area contributed by atoms with E-state index < -0.39 is 0 Å². The van der Waals surface area contributed by atoms with Crippen LogP contribution in [0.15, 0.2) is 231 Å². The third-order valence-electron chi connectivity index (χ3n) is 27.5. The van der Waals surface area contributed by atoms with Gasteiger partial charge < -0.3 is 0 Å². The van der Waals surface area contributed by atoms with E-state index in [1.54, 1.807) is 0 Å². The van der Waals surface area contributed by atoms with Crippen molar-refractivity contribution in [1.82, 2.24) is 0 Å². The van der Waals surface area contributed by atoms with E-state index in [0.717, 1.165) is 0 Å². The van der Waals surface area contributed by atoms with Crippen LogP contribution in [0.3, 0.4) is 0 Å². The third kappa shape index (κ3) is 23.2. The van der Waals surface area contributed by atoms with Gasteiger partial charge in [0, 0.05) is 0 Å². The Kier molecular flexibility index (Phi) is 49.2. The summed E-state index contributed by atoms with van der Waals surface area (Å²) in [4.78, 5) is 0. The van der Waals surface area contributed by atoms with Gasteiger partial charge in [0.1, 0.15) is 0 Å². The first-order valence-corrected chi connectivity index (χ1v) is 43.2. The van der Waals surface area contributed by atoms with Crippen LogP contribution in [0.1, 0.15) is 89.0 Å². The molecule has 24 aromatic carbocycles. The number of aryl methyl sites for hydroxylation is 16. The molecule has 0 atom stereocenters. The molecule has 136 heavy (non-hydrogen) atoms. The molecule has 0 unspecified atom stereocenters. The van der Waals surface area contributed by atoms with Gasteiger partial charge in [0.2, 0.25) is 0 Å². The molecule has 0 aromatic heterocycles. The van der Waals surface area contributed by atoms with Gasteiger partial charge in [-0.25, -0.2) is 0 Å². The zero-order valence-corrected chi connectivity index (χ0v) is 144. The zero-order chi connectivity index (χ0) is 84.8. The molecule has 0 aliphatic rings. The Labute approximate surface area is 1390 Å². The van der Waals surface area contributed by atoms with Crippen LogP contribution in [0, 0.1) is 184 Å². The van der Waals surface area contributed by atoms with Gasteiger partial charge in [0.15, 0.2) is 0 Å². The molecule has 24 rings (SSSR count). The second-order valence-electron chi connectivity index (χ2n) is 35.3. The molecule has 24 aromatic rings. The average Bonchev–Trinajstić information content (AvgIpc) is 0.718. The van der Waals surface area contributed by atoms with Crippen molar-refractivity contribution >= 4 is 194 Å². The zero-order valence-electron chi connectivity index (χ0n) is 84.9. The summed E-state index contributed by atoms with van der Waals surface area (Å²) in [6.45, 7) is 35.3. The van der Waals surface area contributed by atoms with Crippen LogP contribution in [-0.2, 0) is 0 Å². The molecule has 594 valence electrons. The van der Waals surface area contributed by atoms with E-state index in [-0.39, 0.29) is 698 Å². The van der Waals surface area contributed by atoms with Gasteiger partial charge in [-0.15, -0.1) is 202 Å². The fourth-order valence-corrected chi connectivity index (χ4v) is 22.0. The van der Waals surface area contributed by atoms with Crippen molar-refractivity contribution in [3.8, 4) is 33.4 Å². The number of hydrogen-bond donors (Lipinski definition) is 0. The van der Waals surface area contributed by atoms with E-state index in [1.807, 2.05) is 12.1 Å². The van der Waals surface area contributed by atoms with Gasteiger partial charge in [-0.3, -0.25) is 0 Å². The Bertz CT molecular complexity index is 8440. The smallest absolute Gasteiger partial charge is 0.183 e. The number of fused-ring (bicyclic) bond motifs is 30. The third-order valence-corrected chi connectivity index (χ3v) is 27.5. The molecule has 0 saturated carbocycles. The maximum absolute atomic E-state index is 3.62. The second kappa shape index (κ2) is 53.3. The Balaban J connectivity index is 0.000000202. The molecule has 0 radical (unpaired) electrons. The normalized spacial score (nSPS) is 11.0. The van der Waals surface area contributed by atoms with Gasteiger partial charge in [-0.1, -0.05) is 103 Å². The molecule has 0 amide bonds. The maximum atomic E-state index is 3.62. The number of rotatable bonds is 3. The quantitative estimate of drug-likeness (QED) is 0.135. The molecule has 0 nitrogen and oxygen atoms in total. The van der Waals surface area contributed by atoms with Crippen LogP contribution in [0.25, 0.3) is 227 Å². The molecule has 0 bridgehead atoms. The minimum atomic E-state index is 0. The molecule has 0 N–H and O–H groups in total. The van der Waals surface area contributed by atoms with Crippen molar-refractivity contribution in [1.29, 1.82) is 0 Å². The number of hydrogen-bond acceptors (Lipinski definition) is 0. The Morgan fingerprint density at radius 3 is 0.537 bits per heavy atom. The SMILES string of the molecule is Cc1[c-]c(C)c2cc(-c3cc4c(C)[c-]c(C)cc4c4c(C)cc5c[c-]ccc5c34)c3c4cc[c-]cc4cc(C)c3c2c1.Cc1[c-]ccc2c1cc(-c1cc3c(C)[c-]ccc3c3c(C)cc4c(C)[c-]ccc4c13)c1c3cc[c-]c(C)c3cc(C)c21.Cc1[c-]ccc2c1cc(-c1cc3c(C)[c-]ccc3c3c(C)cc4c[c-]ccc4c13)c1c3cc[c-]cc3cc(C)c21.[Rb+].[Rb+].[Rb+].[Rb+].[Rb+].[Rb+].[Rb+].[Rb+].[Rb+].[Rb+].[Rb+].[Rb+]. The molecular weight excluding hydrogens is 2510 g/mol. The van der Waals surface area contributed by atoms with Crippen molar-refractivity contribution in [3.05, 3.63) is 392 Å². The van der Waals surface area contributed by atoms with Crippen molar-refractivity contribution in [3.63, 3.8) is 0 Å². The van der Waals surface area contributed by atoms with Crippen molar-refractivity contribution < 1.29 is 698 Å². The van der Waals surface area contributed by atoms with E-state index in [2.05, 4.69) is 402 Å². The van der Waals surface area contributed by atoms with E-state index in [1.165, 1.54) is 316 Å². The summed E-state index contributed by atoms with van der Waals surface area (Å²) < 4.78 is 0. The van der Waals surface area contributed by atoms with Crippen LogP contribution < -0.4 is 698 Å². The van der Waals surface area contributed by atoms with E-state index >= 15 is 0 Å². The van der Waals surface area contributed by atoms with E-state index in [4.69, 9.17) is 0 Å². The fraction of sp³-hybridized carbons (Fsp3) is 0.129. The molecule has 0 spiro atoms. The molecule has 0 fully saturated rings. The summed E-state index contributed by atoms with van der Waals surface area (Å²) in [5, 5.41) is 46.1. The van der Waals surface area contributed by atoms with Crippen LogP contribution in [-0.4, -0.2) is 0 Å². The van der Waals surface area contributed by atoms with Gasteiger partial charge in [0.05, 0.1) is 0 Å². The molecule has 0 saturated heterocycles. The average molecular weight is 2600 g/mol. The molecule has 0 heterocycles. The van der Waals surface area contributed by atoms with Crippen LogP contribution >= 0.6 is 0 Å². The first-order chi connectivity index (χ1) is 60.1. The van der Waals surface area contributed by atoms with Crippen molar-refractivity contribution in [2.24, 2.45) is 0 Å². The summed E-state index contributed by atoms with van der Waals surface area (Å²) in [5.74, 6) is 0. The summed E-state index contributed by atoms with van der Waals surface area (Å²) in [5.41, 5.74) is 27.1. The topological polar surface area (TPSA) is 0 Å². The Morgan fingerprint density at radius 1 is 0.147 bits per heavy atom. The Morgan fingerprint density at radius 2 is 0.316 bits per heavy atom. The first kappa shape index (κ1) is 125. The van der Waals surface area contributed by atoms with Crippen LogP contribution in [0.2, 0.25) is 0 Å². The first-order valence-electron chi connectivity index (χ1n) is 43.2. The molecular formula is C124H86Rb12. The number of benzene rings is 24. The predicted octanol–water partition coefficient (Wildman–Crippen LogP) is -2.60. The fourth-order valence-electron chi connectivity index (χ4n) is 22.0. The molecule has 0 aliphatic heterocycles. The van der Waals surface area contributed by atoms with Crippen LogP contribution in [0.4, 0.5) is 0 Å². The van der Waals surface area contributed by atoms with Crippen molar-refractivity contribution in [2.45, 2.75) is 111 Å². The van der Waals surface area contributed by atoms with Gasteiger partial charge in [-0.2, -0.15) is 286 Å². The van der Waals surface area contributed by atoms with Crippen molar-refractivity contribution in [2.75, 3.05) is 0 Å². The minimum Gasteiger partial charge on any atom is -0.183 e. The standard InChI is InChI=1S/2C42H30.C40H26.12Rb/c1-23-11-9-17-31-33(23)19-27(5)39-29-15-7-13-25(3)35(29)21-37(41(31)39)38-22-36-26(4)14-8-16-30(36)40-28(6)20-34-24(2)12-10-18-32(34)42(38)40;1-23-15-25(3)33-21-37(41-31-13-9-7-11-29(31)19-27(5)39(41)35(33)17-23)38-22-34-26(4)16-24(2)18-36(34)40-28(6)20-30-12-8-10-14-32(30)42(38)40;1-23-11-9-17-31-33(23)21-35(39-29-15-7-5-13-27(29)19-25(3)37(31)39)36-22-34-24(2)12-10-18-32(34)38-26(4)20-28-14-6-8-16-30(28)40(36)38;;;;;;;;;;;;/h7-10,15-22H,1-6H3;9-14,17-22H,1-6H3;7-10,13-22H,1-4H3;;;;;;;;;;;;/q3*-4;12*+1. The minimum absolute atomic E-state index is 0. The van der Waals surface area contributed by atoms with E-state index in [9.17, 15) is 0 Å². The monoisotopic (exact) mass is 2590 g/mol. The Hall–Kier alpha value is 7.62. The van der Waals surface area contributed by atoms with E-state index in [0.29, 0.717) is 0 Å². The second-order valence-corrected chi connectivity index (χ2v) is 35.3. The predicted molar refractivity (Wildman–Crippen MR) is 533 cm³/mol. The summed E-state index contributed by atoms with van der Waals surface area (Å²) >= 11 is 0. The van der Waals surface area contributed by atoms with Gasteiger partial charge >= 0.3 is 698 Å². The summed E-state index contributed by atoms with van der Waals surface area (Å²) in [6, 6.07) is 126. The molecule has 0 aliphatic carbocycles. The van der Waals surface area contributed by atoms with Gasteiger partial charge in [-0.05, 0) is 140 Å². The summed E-state index contributed by atoms with van der Waals surface area (Å²) in [6.07, 6.45) is 0. The summed E-state index contributed by atoms with van der Waals surface area (Å²) in [7, 11) is 0. The maximum Gasteiger partial charge on any atom is 1.00 e. The van der Waals surface area contributed by atoms with Gasteiger partial charge in [0.25, 0.3) is 0 Å². The largest absolute Gasteiger partial charge is 1.00 e.